The van der Waals surface area contributed by atoms with Gasteiger partial charge < -0.3 is 19.5 Å². The molecule has 1 aromatic carbocycles. The highest BCUT2D eigenvalue weighted by Crippen LogP contribution is 2.32. The SMILES string of the molecule is Cc1ccc(CNC(=O)CN2C(=O)C3CCCN3C(=O)c3cc(F)ccc32)o1. The van der Waals surface area contributed by atoms with Gasteiger partial charge in [0.1, 0.15) is 29.9 Å². The fourth-order valence-corrected chi connectivity index (χ4v) is 3.76. The van der Waals surface area contributed by atoms with Gasteiger partial charge in [0.15, 0.2) is 0 Å². The van der Waals surface area contributed by atoms with Crippen LogP contribution in [0.15, 0.2) is 34.7 Å². The third-order valence-corrected chi connectivity index (χ3v) is 5.10. The number of rotatable bonds is 4. The Kier molecular flexibility index (Phi) is 4.62. The summed E-state index contributed by atoms with van der Waals surface area (Å²) >= 11 is 0. The first kappa shape index (κ1) is 18.2. The van der Waals surface area contributed by atoms with Crippen molar-refractivity contribution in [2.45, 2.75) is 32.4 Å². The number of amides is 3. The summed E-state index contributed by atoms with van der Waals surface area (Å²) in [5.41, 5.74) is 0.363. The predicted molar refractivity (Wildman–Crippen MR) is 98.1 cm³/mol. The lowest BCUT2D eigenvalue weighted by atomic mass is 10.1. The maximum Gasteiger partial charge on any atom is 0.256 e. The Balaban J connectivity index is 1.59. The van der Waals surface area contributed by atoms with E-state index >= 15 is 0 Å². The molecule has 0 radical (unpaired) electrons. The first-order valence-corrected chi connectivity index (χ1v) is 9.18. The Morgan fingerprint density at radius 2 is 2.11 bits per heavy atom. The van der Waals surface area contributed by atoms with E-state index in [9.17, 15) is 18.8 Å². The summed E-state index contributed by atoms with van der Waals surface area (Å²) in [7, 11) is 0. The molecule has 1 fully saturated rings. The Hall–Kier alpha value is -3.16. The summed E-state index contributed by atoms with van der Waals surface area (Å²) in [5.74, 6) is -0.304. The average molecular weight is 385 g/mol. The Morgan fingerprint density at radius 3 is 2.86 bits per heavy atom. The van der Waals surface area contributed by atoms with Crippen molar-refractivity contribution in [2.24, 2.45) is 0 Å². The minimum Gasteiger partial charge on any atom is -0.465 e. The summed E-state index contributed by atoms with van der Waals surface area (Å²) in [6, 6.07) is 6.63. The van der Waals surface area contributed by atoms with Crippen molar-refractivity contribution >= 4 is 23.4 Å². The number of aryl methyl sites for hydroxylation is 1. The monoisotopic (exact) mass is 385 g/mol. The number of carbonyl (C=O) groups excluding carboxylic acids is 3. The number of nitrogens with zero attached hydrogens (tertiary/aromatic N) is 2. The van der Waals surface area contributed by atoms with Gasteiger partial charge in [-0.1, -0.05) is 0 Å². The van der Waals surface area contributed by atoms with Gasteiger partial charge in [-0.25, -0.2) is 4.39 Å². The fourth-order valence-electron chi connectivity index (χ4n) is 3.76. The summed E-state index contributed by atoms with van der Waals surface area (Å²) in [6.45, 7) is 2.19. The number of nitrogens with one attached hydrogen (secondary N) is 1. The number of carbonyl (C=O) groups is 3. The molecule has 2 aliphatic rings. The van der Waals surface area contributed by atoms with Crippen LogP contribution < -0.4 is 10.2 Å². The van der Waals surface area contributed by atoms with E-state index in [0.717, 1.165) is 11.8 Å². The van der Waals surface area contributed by atoms with Crippen molar-refractivity contribution in [1.82, 2.24) is 10.2 Å². The van der Waals surface area contributed by atoms with Crippen molar-refractivity contribution < 1.29 is 23.2 Å². The highest BCUT2D eigenvalue weighted by molar-refractivity contribution is 6.12. The molecule has 4 rings (SSSR count). The van der Waals surface area contributed by atoms with Gasteiger partial charge in [0.25, 0.3) is 5.91 Å². The van der Waals surface area contributed by atoms with Crippen molar-refractivity contribution in [2.75, 3.05) is 18.0 Å². The molecule has 0 saturated carbocycles. The second-order valence-electron chi connectivity index (χ2n) is 7.03. The number of benzene rings is 1. The van der Waals surface area contributed by atoms with Crippen LogP contribution in [0, 0.1) is 12.7 Å². The van der Waals surface area contributed by atoms with Crippen LogP contribution in [0.3, 0.4) is 0 Å². The molecule has 28 heavy (non-hydrogen) atoms. The predicted octanol–water partition coefficient (Wildman–Crippen LogP) is 1.99. The fraction of sp³-hybridized carbons (Fsp3) is 0.350. The zero-order valence-corrected chi connectivity index (χ0v) is 15.4. The quantitative estimate of drug-likeness (QED) is 0.873. The van der Waals surface area contributed by atoms with Gasteiger partial charge in [-0.05, 0) is 50.1 Å². The van der Waals surface area contributed by atoms with E-state index < -0.39 is 17.8 Å². The number of fused-ring (bicyclic) bond motifs is 2. The highest BCUT2D eigenvalue weighted by Gasteiger charge is 2.42. The third kappa shape index (κ3) is 3.26. The van der Waals surface area contributed by atoms with Crippen LogP contribution in [0.1, 0.15) is 34.7 Å². The number of halogens is 1. The Labute approximate surface area is 161 Å². The summed E-state index contributed by atoms with van der Waals surface area (Å²) < 4.78 is 19.2. The molecule has 3 heterocycles. The molecule has 2 aliphatic heterocycles. The second-order valence-corrected chi connectivity index (χ2v) is 7.03. The van der Waals surface area contributed by atoms with E-state index in [2.05, 4.69) is 5.32 Å². The molecule has 1 N–H and O–H groups in total. The summed E-state index contributed by atoms with van der Waals surface area (Å²) in [6.07, 6.45) is 1.23. The first-order valence-electron chi connectivity index (χ1n) is 9.18. The number of hydrogen-bond donors (Lipinski definition) is 1. The molecule has 1 aromatic heterocycles. The second kappa shape index (κ2) is 7.10. The van der Waals surface area contributed by atoms with Crippen molar-refractivity contribution in [3.8, 4) is 0 Å². The van der Waals surface area contributed by atoms with Crippen molar-refractivity contribution in [3.05, 3.63) is 53.2 Å². The summed E-state index contributed by atoms with van der Waals surface area (Å²) in [4.78, 5) is 41.1. The standard InChI is InChI=1S/C20H20FN3O4/c1-12-4-6-14(28-12)10-22-18(25)11-24-16-7-5-13(21)9-15(16)19(26)23-8-2-3-17(23)20(24)27/h4-7,9,17H,2-3,8,10-11H2,1H3,(H,22,25). The van der Waals surface area contributed by atoms with Crippen LogP contribution in [0.25, 0.3) is 0 Å². The zero-order chi connectivity index (χ0) is 19.8. The molecule has 8 heteroatoms. The lowest BCUT2D eigenvalue weighted by Gasteiger charge is -2.25. The van der Waals surface area contributed by atoms with E-state index in [-0.39, 0.29) is 36.2 Å². The molecule has 0 aliphatic carbocycles. The Morgan fingerprint density at radius 1 is 1.29 bits per heavy atom. The van der Waals surface area contributed by atoms with Crippen LogP contribution in [0.5, 0.6) is 0 Å². The van der Waals surface area contributed by atoms with E-state index in [4.69, 9.17) is 4.42 Å². The van der Waals surface area contributed by atoms with E-state index in [1.807, 2.05) is 6.92 Å². The minimum absolute atomic E-state index is 0.104. The third-order valence-electron chi connectivity index (χ3n) is 5.10. The van der Waals surface area contributed by atoms with Crippen LogP contribution in [0.2, 0.25) is 0 Å². The number of furan rings is 1. The molecule has 3 amide bonds. The molecular weight excluding hydrogens is 365 g/mol. The van der Waals surface area contributed by atoms with Gasteiger partial charge >= 0.3 is 0 Å². The zero-order valence-electron chi connectivity index (χ0n) is 15.4. The number of anilines is 1. The molecule has 2 aromatic rings. The van der Waals surface area contributed by atoms with Crippen molar-refractivity contribution in [1.29, 1.82) is 0 Å². The first-order chi connectivity index (χ1) is 13.4. The Bertz CT molecular complexity index is 955. The average Bonchev–Trinajstić information content (AvgIpc) is 3.31. The minimum atomic E-state index is -0.622. The molecule has 1 saturated heterocycles. The van der Waals surface area contributed by atoms with Gasteiger partial charge in [-0.3, -0.25) is 14.4 Å². The van der Waals surface area contributed by atoms with Gasteiger partial charge in [-0.15, -0.1) is 0 Å². The van der Waals surface area contributed by atoms with Crippen LogP contribution in [-0.2, 0) is 16.1 Å². The smallest absolute Gasteiger partial charge is 0.256 e. The summed E-state index contributed by atoms with van der Waals surface area (Å²) in [5, 5.41) is 2.71. The molecule has 146 valence electrons. The van der Waals surface area contributed by atoms with E-state index in [1.165, 1.54) is 21.9 Å². The maximum absolute atomic E-state index is 13.8. The van der Waals surface area contributed by atoms with Gasteiger partial charge in [0.2, 0.25) is 11.8 Å². The van der Waals surface area contributed by atoms with Gasteiger partial charge in [-0.2, -0.15) is 0 Å². The van der Waals surface area contributed by atoms with Crippen LogP contribution in [-0.4, -0.2) is 41.8 Å². The molecule has 0 bridgehead atoms. The maximum atomic E-state index is 13.8. The molecule has 0 spiro atoms. The highest BCUT2D eigenvalue weighted by atomic mass is 19.1. The van der Waals surface area contributed by atoms with Gasteiger partial charge in [0, 0.05) is 6.54 Å². The van der Waals surface area contributed by atoms with Crippen LogP contribution >= 0.6 is 0 Å². The molecule has 1 unspecified atom stereocenters. The molecule has 1 atom stereocenters. The van der Waals surface area contributed by atoms with E-state index in [1.54, 1.807) is 12.1 Å². The molecule has 7 nitrogen and oxygen atoms in total. The largest absolute Gasteiger partial charge is 0.465 e. The lowest BCUT2D eigenvalue weighted by molar-refractivity contribution is -0.125. The van der Waals surface area contributed by atoms with Gasteiger partial charge in [0.05, 0.1) is 17.8 Å². The lowest BCUT2D eigenvalue weighted by Crippen LogP contribution is -2.48. The van der Waals surface area contributed by atoms with Crippen molar-refractivity contribution in [3.63, 3.8) is 0 Å². The molecular formula is C20H20FN3O4. The van der Waals surface area contributed by atoms with E-state index in [0.29, 0.717) is 25.1 Å². The van der Waals surface area contributed by atoms with Crippen LogP contribution in [0.4, 0.5) is 10.1 Å². The normalized spacial score (nSPS) is 18.7. The topological polar surface area (TPSA) is 82.9 Å². The number of hydrogen-bond acceptors (Lipinski definition) is 4.